The Morgan fingerprint density at radius 3 is 2.29 bits per heavy atom. The van der Waals surface area contributed by atoms with Crippen LogP contribution < -0.4 is 15.2 Å². The average molecular weight is 288 g/mol. The van der Waals surface area contributed by atoms with Gasteiger partial charge in [-0.3, -0.25) is 10.1 Å². The van der Waals surface area contributed by atoms with E-state index in [1.807, 2.05) is 19.1 Å². The number of hydrogen-bond acceptors (Lipinski definition) is 5. The summed E-state index contributed by atoms with van der Waals surface area (Å²) in [4.78, 5) is 10.5. The molecule has 2 aromatic rings. The summed E-state index contributed by atoms with van der Waals surface area (Å²) in [5.41, 5.74) is 6.61. The molecule has 2 rings (SSSR count). The van der Waals surface area contributed by atoms with E-state index >= 15 is 0 Å². The van der Waals surface area contributed by atoms with Gasteiger partial charge in [0.1, 0.15) is 11.5 Å². The smallest absolute Gasteiger partial charge is 0.311 e. The van der Waals surface area contributed by atoms with Gasteiger partial charge in [0.25, 0.3) is 0 Å². The van der Waals surface area contributed by atoms with Crippen LogP contribution in [0.1, 0.15) is 18.5 Å². The van der Waals surface area contributed by atoms with Crippen molar-refractivity contribution in [2.24, 2.45) is 5.73 Å². The van der Waals surface area contributed by atoms with E-state index in [0.717, 1.165) is 5.56 Å². The lowest BCUT2D eigenvalue weighted by Gasteiger charge is -2.10. The number of rotatable bonds is 5. The van der Waals surface area contributed by atoms with Gasteiger partial charge < -0.3 is 15.2 Å². The zero-order valence-electron chi connectivity index (χ0n) is 11.8. The second-order valence-corrected chi connectivity index (χ2v) is 4.55. The fraction of sp³-hybridized carbons (Fsp3) is 0.200. The van der Waals surface area contributed by atoms with E-state index in [0.29, 0.717) is 11.5 Å². The lowest BCUT2D eigenvalue weighted by Crippen LogP contribution is -2.04. The number of nitro benzene ring substituents is 1. The van der Waals surface area contributed by atoms with Crippen molar-refractivity contribution in [1.82, 2.24) is 0 Å². The van der Waals surface area contributed by atoms with Gasteiger partial charge in [-0.2, -0.15) is 0 Å². The molecule has 0 radical (unpaired) electrons. The van der Waals surface area contributed by atoms with E-state index in [2.05, 4.69) is 0 Å². The molecule has 0 aliphatic heterocycles. The van der Waals surface area contributed by atoms with Crippen LogP contribution in [-0.2, 0) is 0 Å². The van der Waals surface area contributed by atoms with Gasteiger partial charge in [0, 0.05) is 18.2 Å². The first-order chi connectivity index (χ1) is 10.0. The Balaban J connectivity index is 2.31. The third kappa shape index (κ3) is 3.49. The minimum atomic E-state index is -0.495. The molecule has 0 fully saturated rings. The van der Waals surface area contributed by atoms with Crippen LogP contribution in [0.25, 0.3) is 0 Å². The third-order valence-electron chi connectivity index (χ3n) is 3.00. The van der Waals surface area contributed by atoms with Gasteiger partial charge in [-0.15, -0.1) is 0 Å². The lowest BCUT2D eigenvalue weighted by molar-refractivity contribution is -0.385. The monoisotopic (exact) mass is 288 g/mol. The summed E-state index contributed by atoms with van der Waals surface area (Å²) in [5.74, 6) is 1.12. The summed E-state index contributed by atoms with van der Waals surface area (Å²) in [5, 5.41) is 11.0. The molecule has 110 valence electrons. The molecule has 0 aliphatic rings. The van der Waals surface area contributed by atoms with Crippen molar-refractivity contribution in [3.63, 3.8) is 0 Å². The number of hydrogen-bond donors (Lipinski definition) is 1. The van der Waals surface area contributed by atoms with Crippen molar-refractivity contribution >= 4 is 5.69 Å². The van der Waals surface area contributed by atoms with Crippen LogP contribution in [0.2, 0.25) is 0 Å². The summed E-state index contributed by atoms with van der Waals surface area (Å²) in [7, 11) is 1.49. The van der Waals surface area contributed by atoms with E-state index in [-0.39, 0.29) is 17.5 Å². The molecule has 0 spiro atoms. The predicted molar refractivity (Wildman–Crippen MR) is 78.8 cm³/mol. The topological polar surface area (TPSA) is 87.6 Å². The summed E-state index contributed by atoms with van der Waals surface area (Å²) < 4.78 is 10.6. The van der Waals surface area contributed by atoms with Crippen molar-refractivity contribution < 1.29 is 14.4 Å². The van der Waals surface area contributed by atoms with Crippen molar-refractivity contribution in [2.75, 3.05) is 7.11 Å². The zero-order chi connectivity index (χ0) is 15.4. The van der Waals surface area contributed by atoms with Crippen molar-refractivity contribution in [3.8, 4) is 17.2 Å². The van der Waals surface area contributed by atoms with E-state index in [9.17, 15) is 10.1 Å². The van der Waals surface area contributed by atoms with Gasteiger partial charge in [-0.25, -0.2) is 0 Å². The summed E-state index contributed by atoms with van der Waals surface area (Å²) in [6.07, 6.45) is 0. The van der Waals surface area contributed by atoms with Crippen molar-refractivity contribution in [2.45, 2.75) is 13.0 Å². The number of benzene rings is 2. The lowest BCUT2D eigenvalue weighted by atomic mass is 10.1. The Kier molecular flexibility index (Phi) is 4.39. The molecule has 0 heterocycles. The van der Waals surface area contributed by atoms with Crippen LogP contribution in [0.5, 0.6) is 17.2 Å². The maximum absolute atomic E-state index is 11.0. The minimum Gasteiger partial charge on any atom is -0.497 e. The predicted octanol–water partition coefficient (Wildman–Crippen LogP) is 3.42. The summed E-state index contributed by atoms with van der Waals surface area (Å²) in [6, 6.07) is 11.4. The molecule has 6 nitrogen and oxygen atoms in total. The number of nitrogens with zero attached hydrogens (tertiary/aromatic N) is 1. The average Bonchev–Trinajstić information content (AvgIpc) is 2.47. The normalized spacial score (nSPS) is 11.8. The van der Waals surface area contributed by atoms with Gasteiger partial charge in [0.05, 0.1) is 12.0 Å². The Bertz CT molecular complexity index is 639. The highest BCUT2D eigenvalue weighted by Crippen LogP contribution is 2.34. The van der Waals surface area contributed by atoms with Gasteiger partial charge in [-0.1, -0.05) is 12.1 Å². The molecule has 21 heavy (non-hydrogen) atoms. The number of nitrogens with two attached hydrogens (primary N) is 1. The molecule has 0 aliphatic carbocycles. The van der Waals surface area contributed by atoms with Gasteiger partial charge in [0.2, 0.25) is 5.75 Å². The van der Waals surface area contributed by atoms with Crippen LogP contribution in [0, 0.1) is 10.1 Å². The largest absolute Gasteiger partial charge is 0.497 e. The van der Waals surface area contributed by atoms with Crippen LogP contribution in [0.4, 0.5) is 5.69 Å². The van der Waals surface area contributed by atoms with Crippen LogP contribution in [0.15, 0.2) is 42.5 Å². The molecule has 6 heteroatoms. The minimum absolute atomic E-state index is 0.0785. The molecule has 1 atom stereocenters. The highest BCUT2D eigenvalue weighted by atomic mass is 16.6. The molecule has 2 N–H and O–H groups in total. The maximum Gasteiger partial charge on any atom is 0.311 e. The molecule has 0 unspecified atom stereocenters. The van der Waals surface area contributed by atoms with E-state index in [1.54, 1.807) is 12.1 Å². The fourth-order valence-corrected chi connectivity index (χ4v) is 1.82. The summed E-state index contributed by atoms with van der Waals surface area (Å²) >= 11 is 0. The summed E-state index contributed by atoms with van der Waals surface area (Å²) in [6.45, 7) is 1.88. The Hall–Kier alpha value is -2.60. The molecule has 2 aromatic carbocycles. The SMILES string of the molecule is COc1ccc([N+](=O)[O-])c(Oc2ccc([C@@H](C)N)cc2)c1. The van der Waals surface area contributed by atoms with Crippen LogP contribution >= 0.6 is 0 Å². The van der Waals surface area contributed by atoms with E-state index in [1.165, 1.54) is 25.3 Å². The van der Waals surface area contributed by atoms with Crippen LogP contribution in [-0.4, -0.2) is 12.0 Å². The molecule has 0 bridgehead atoms. The Labute approximate surface area is 122 Å². The second-order valence-electron chi connectivity index (χ2n) is 4.55. The van der Waals surface area contributed by atoms with E-state index < -0.39 is 4.92 Å². The quantitative estimate of drug-likeness (QED) is 0.672. The highest BCUT2D eigenvalue weighted by Gasteiger charge is 2.17. The number of nitro groups is 1. The first-order valence-corrected chi connectivity index (χ1v) is 6.37. The standard InChI is InChI=1S/C15H16N2O4/c1-10(16)11-3-5-12(6-4-11)21-15-9-13(20-2)7-8-14(15)17(18)19/h3-10H,16H2,1-2H3/t10-/m1/s1. The van der Waals surface area contributed by atoms with Gasteiger partial charge in [0.15, 0.2) is 0 Å². The fourth-order valence-electron chi connectivity index (χ4n) is 1.82. The van der Waals surface area contributed by atoms with E-state index in [4.69, 9.17) is 15.2 Å². The highest BCUT2D eigenvalue weighted by molar-refractivity contribution is 5.52. The van der Waals surface area contributed by atoms with Crippen molar-refractivity contribution in [3.05, 3.63) is 58.1 Å². The van der Waals surface area contributed by atoms with Gasteiger partial charge >= 0.3 is 5.69 Å². The Morgan fingerprint density at radius 2 is 1.76 bits per heavy atom. The molecule has 0 amide bonds. The third-order valence-corrected chi connectivity index (χ3v) is 3.00. The van der Waals surface area contributed by atoms with Crippen LogP contribution in [0.3, 0.4) is 0 Å². The number of ether oxygens (including phenoxy) is 2. The van der Waals surface area contributed by atoms with Crippen molar-refractivity contribution in [1.29, 1.82) is 0 Å². The molecule has 0 saturated heterocycles. The molecule has 0 saturated carbocycles. The van der Waals surface area contributed by atoms with Gasteiger partial charge in [-0.05, 0) is 30.7 Å². The maximum atomic E-state index is 11.0. The number of methoxy groups -OCH3 is 1. The molecular formula is C15H16N2O4. The Morgan fingerprint density at radius 1 is 1.14 bits per heavy atom. The molecule has 0 aromatic heterocycles. The first kappa shape index (κ1) is 14.8. The first-order valence-electron chi connectivity index (χ1n) is 6.37. The zero-order valence-corrected chi connectivity index (χ0v) is 11.8. The second kappa shape index (κ2) is 6.23. The molecular weight excluding hydrogens is 272 g/mol.